The number of hydrogen-bond acceptors (Lipinski definition) is 7. The van der Waals surface area contributed by atoms with Crippen molar-refractivity contribution in [2.24, 2.45) is 0 Å². The van der Waals surface area contributed by atoms with Crippen LogP contribution in [0.2, 0.25) is 0 Å². The van der Waals surface area contributed by atoms with Crippen LogP contribution in [0.25, 0.3) is 6.08 Å². The Balaban J connectivity index is 1.66. The molecule has 3 N–H and O–H groups in total. The smallest absolute Gasteiger partial charge is 0.339 e. The second kappa shape index (κ2) is 9.31. The minimum Gasteiger partial charge on any atom is -0.461 e. The second-order valence-corrected chi connectivity index (χ2v) is 6.95. The van der Waals surface area contributed by atoms with E-state index in [2.05, 4.69) is 20.9 Å². The zero-order valence-electron chi connectivity index (χ0n) is 15.1. The van der Waals surface area contributed by atoms with Gasteiger partial charge in [-0.05, 0) is 16.6 Å². The molecule has 1 aliphatic heterocycles. The first kappa shape index (κ1) is 21.2. The van der Waals surface area contributed by atoms with E-state index in [4.69, 9.17) is 9.47 Å². The predicted molar refractivity (Wildman–Crippen MR) is 106 cm³/mol. The Morgan fingerprint density at radius 3 is 2.79 bits per heavy atom. The van der Waals surface area contributed by atoms with Gasteiger partial charge in [-0.3, -0.25) is 14.3 Å². The molecule has 1 fully saturated rings. The Hall–Kier alpha value is -2.53. The van der Waals surface area contributed by atoms with Crippen LogP contribution in [-0.2, 0) is 14.3 Å². The monoisotopic (exact) mass is 466 g/mol. The second-order valence-electron chi connectivity index (χ2n) is 6.42. The van der Waals surface area contributed by atoms with E-state index in [0.29, 0.717) is 5.56 Å². The van der Waals surface area contributed by atoms with Crippen LogP contribution < -0.4 is 11.2 Å². The highest BCUT2D eigenvalue weighted by Gasteiger charge is 2.37. The number of rotatable bonds is 6. The molecule has 10 heteroatoms. The molecule has 1 aromatic heterocycles. The summed E-state index contributed by atoms with van der Waals surface area (Å²) in [6, 6.07) is 8.29. The predicted octanol–water partition coefficient (Wildman–Crippen LogP) is 0.827. The van der Waals surface area contributed by atoms with Crippen molar-refractivity contribution < 1.29 is 24.5 Å². The number of halogens is 1. The molecule has 1 saturated heterocycles. The lowest BCUT2D eigenvalue weighted by molar-refractivity contribution is -0.160. The molecule has 1 aromatic carbocycles. The summed E-state index contributed by atoms with van der Waals surface area (Å²) < 4.78 is 11.9. The molecule has 0 radical (unpaired) electrons. The summed E-state index contributed by atoms with van der Waals surface area (Å²) in [6.45, 7) is -0.299. The topological polar surface area (TPSA) is 131 Å². The van der Waals surface area contributed by atoms with Gasteiger partial charge in [0, 0.05) is 12.6 Å². The van der Waals surface area contributed by atoms with Crippen molar-refractivity contribution in [3.05, 3.63) is 73.5 Å². The lowest BCUT2D eigenvalue weighted by atomic mass is 10.1. The number of benzene rings is 1. The van der Waals surface area contributed by atoms with E-state index < -0.39 is 41.8 Å². The number of aliphatic hydroxyl groups excluding tert-OH is 2. The number of hydrogen-bond donors (Lipinski definition) is 3. The van der Waals surface area contributed by atoms with Gasteiger partial charge in [-0.1, -0.05) is 46.3 Å². The summed E-state index contributed by atoms with van der Waals surface area (Å²) >= 11 is 3.07. The van der Waals surface area contributed by atoms with Crippen molar-refractivity contribution in [2.45, 2.75) is 31.0 Å². The third-order valence-corrected chi connectivity index (χ3v) is 4.75. The largest absolute Gasteiger partial charge is 0.461 e. The fraction of sp³-hybridized carbons (Fsp3) is 0.316. The highest BCUT2D eigenvalue weighted by atomic mass is 79.9. The SMILES string of the molecule is O=C(OC[C@H]1O[C@@H](n2cc(C=CBr)c(=O)[nH]c2=O)C[C@@H]1O)[C@H](O)c1ccccc1. The fourth-order valence-corrected chi connectivity index (χ4v) is 3.24. The van der Waals surface area contributed by atoms with Crippen molar-refractivity contribution in [1.29, 1.82) is 0 Å². The van der Waals surface area contributed by atoms with E-state index in [0.717, 1.165) is 4.57 Å². The Morgan fingerprint density at radius 1 is 1.38 bits per heavy atom. The number of nitrogens with zero attached hydrogens (tertiary/aromatic N) is 1. The van der Waals surface area contributed by atoms with E-state index >= 15 is 0 Å². The lowest BCUT2D eigenvalue weighted by Gasteiger charge is -2.17. The van der Waals surface area contributed by atoms with Gasteiger partial charge in [0.25, 0.3) is 5.56 Å². The molecule has 9 nitrogen and oxygen atoms in total. The normalized spacial score (nSPS) is 22.7. The van der Waals surface area contributed by atoms with Crippen LogP contribution in [0.4, 0.5) is 0 Å². The van der Waals surface area contributed by atoms with Gasteiger partial charge in [0.05, 0.1) is 11.7 Å². The van der Waals surface area contributed by atoms with Crippen LogP contribution in [0.15, 0.2) is 51.1 Å². The summed E-state index contributed by atoms with van der Waals surface area (Å²) in [5.74, 6) is -0.874. The standard InChI is InChI=1S/C19H19BrN2O7/c20-7-6-12-9-22(19(27)21-17(12)25)15-8-13(23)14(29-15)10-28-18(26)16(24)11-4-2-1-3-5-11/h1-7,9,13-16,23-24H,8,10H2,(H,21,25,27)/t13-,14+,15+,16+/m0/s1. The Labute approximate surface area is 173 Å². The van der Waals surface area contributed by atoms with Crippen LogP contribution in [-0.4, -0.2) is 44.5 Å². The molecule has 2 aromatic rings. The van der Waals surface area contributed by atoms with Crippen molar-refractivity contribution in [1.82, 2.24) is 9.55 Å². The minimum absolute atomic E-state index is 0.0624. The first-order valence-electron chi connectivity index (χ1n) is 8.76. The molecule has 0 unspecified atom stereocenters. The number of aromatic nitrogens is 2. The molecular weight excluding hydrogens is 448 g/mol. The van der Waals surface area contributed by atoms with Gasteiger partial charge in [-0.15, -0.1) is 0 Å². The van der Waals surface area contributed by atoms with Gasteiger partial charge in [0.2, 0.25) is 0 Å². The molecule has 3 rings (SSSR count). The van der Waals surface area contributed by atoms with Gasteiger partial charge in [0.1, 0.15) is 18.9 Å². The third kappa shape index (κ3) is 4.91. The van der Waals surface area contributed by atoms with E-state index in [1.165, 1.54) is 17.3 Å². The number of aromatic amines is 1. The summed E-state index contributed by atoms with van der Waals surface area (Å²) in [6.07, 6.45) is -1.34. The zero-order chi connectivity index (χ0) is 21.0. The van der Waals surface area contributed by atoms with E-state index in [-0.39, 0.29) is 18.6 Å². The quantitative estimate of drug-likeness (QED) is 0.537. The van der Waals surface area contributed by atoms with Crippen molar-refractivity contribution in [3.8, 4) is 0 Å². The van der Waals surface area contributed by atoms with Crippen molar-refractivity contribution >= 4 is 28.0 Å². The minimum atomic E-state index is -1.45. The number of H-pyrrole nitrogens is 1. The van der Waals surface area contributed by atoms with E-state index in [1.54, 1.807) is 30.3 Å². The van der Waals surface area contributed by atoms with Gasteiger partial charge < -0.3 is 19.7 Å². The fourth-order valence-electron chi connectivity index (χ4n) is 2.95. The highest BCUT2D eigenvalue weighted by molar-refractivity contribution is 9.11. The number of carbonyl (C=O) groups is 1. The molecule has 0 aliphatic carbocycles. The zero-order valence-corrected chi connectivity index (χ0v) is 16.7. The Morgan fingerprint density at radius 2 is 2.10 bits per heavy atom. The molecule has 0 spiro atoms. The average Bonchev–Trinajstić information content (AvgIpc) is 3.08. The summed E-state index contributed by atoms with van der Waals surface area (Å²) in [5.41, 5.74) is -0.632. The maximum absolute atomic E-state index is 12.1. The number of aliphatic hydroxyl groups is 2. The maximum atomic E-state index is 12.1. The van der Waals surface area contributed by atoms with E-state index in [9.17, 15) is 24.6 Å². The van der Waals surface area contributed by atoms with Crippen molar-refractivity contribution in [3.63, 3.8) is 0 Å². The van der Waals surface area contributed by atoms with E-state index in [1.807, 2.05) is 0 Å². The van der Waals surface area contributed by atoms with Gasteiger partial charge in [-0.2, -0.15) is 0 Å². The van der Waals surface area contributed by atoms with Gasteiger partial charge in [-0.25, -0.2) is 9.59 Å². The van der Waals surface area contributed by atoms with Crippen LogP contribution in [0.5, 0.6) is 0 Å². The summed E-state index contributed by atoms with van der Waals surface area (Å²) in [4.78, 5) is 39.6. The molecule has 29 heavy (non-hydrogen) atoms. The molecule has 0 bridgehead atoms. The molecule has 154 valence electrons. The Kier molecular flexibility index (Phi) is 6.80. The molecule has 4 atom stereocenters. The van der Waals surface area contributed by atoms with Gasteiger partial charge in [0.15, 0.2) is 6.10 Å². The van der Waals surface area contributed by atoms with Crippen LogP contribution in [0, 0.1) is 0 Å². The van der Waals surface area contributed by atoms with Gasteiger partial charge >= 0.3 is 11.7 Å². The first-order valence-corrected chi connectivity index (χ1v) is 9.67. The van der Waals surface area contributed by atoms with Crippen LogP contribution in [0.1, 0.15) is 29.9 Å². The van der Waals surface area contributed by atoms with Crippen molar-refractivity contribution in [2.75, 3.05) is 6.61 Å². The van der Waals surface area contributed by atoms with Crippen LogP contribution in [0.3, 0.4) is 0 Å². The summed E-state index contributed by atoms with van der Waals surface area (Å²) in [5, 5.41) is 20.3. The lowest BCUT2D eigenvalue weighted by Crippen LogP contribution is -2.33. The maximum Gasteiger partial charge on any atom is 0.339 e. The molecule has 0 saturated carbocycles. The molecule has 0 amide bonds. The first-order chi connectivity index (χ1) is 13.9. The highest BCUT2D eigenvalue weighted by Crippen LogP contribution is 2.28. The average molecular weight is 467 g/mol. The number of ether oxygens (including phenoxy) is 2. The number of carbonyl (C=O) groups excluding carboxylic acids is 1. The summed E-state index contributed by atoms with van der Waals surface area (Å²) in [7, 11) is 0. The molecular formula is C19H19BrN2O7. The number of nitrogens with one attached hydrogen (secondary N) is 1. The van der Waals surface area contributed by atoms with Crippen LogP contribution >= 0.6 is 15.9 Å². The molecule has 1 aliphatic rings. The molecule has 2 heterocycles. The third-order valence-electron chi connectivity index (χ3n) is 4.48. The Bertz CT molecular complexity index is 1000. The number of esters is 1.